The first-order valence-electron chi connectivity index (χ1n) is 7.59. The normalized spacial score (nSPS) is 17.3. The largest absolute Gasteiger partial charge is 0.465 e. The van der Waals surface area contributed by atoms with Crippen molar-refractivity contribution in [2.75, 3.05) is 19.4 Å². The summed E-state index contributed by atoms with van der Waals surface area (Å²) in [6, 6.07) is 6.46. The van der Waals surface area contributed by atoms with Crippen LogP contribution in [0.2, 0.25) is 0 Å². The molecule has 3 nitrogen and oxygen atoms in total. The summed E-state index contributed by atoms with van der Waals surface area (Å²) < 4.78 is 5.32. The molecule has 0 radical (unpaired) electrons. The Morgan fingerprint density at radius 3 is 2.62 bits per heavy atom. The van der Waals surface area contributed by atoms with Crippen LogP contribution >= 0.6 is 11.8 Å². The minimum atomic E-state index is -0.542. The maximum atomic E-state index is 12.4. The molecule has 1 aliphatic rings. The van der Waals surface area contributed by atoms with Crippen LogP contribution in [0.15, 0.2) is 23.1 Å². The minimum absolute atomic E-state index is 0.105. The van der Waals surface area contributed by atoms with E-state index in [1.807, 2.05) is 14.0 Å². The number of benzene rings is 1. The first-order chi connectivity index (χ1) is 10.0. The highest BCUT2D eigenvalue weighted by Crippen LogP contribution is 2.43. The fourth-order valence-corrected chi connectivity index (χ4v) is 3.88. The van der Waals surface area contributed by atoms with Gasteiger partial charge in [0, 0.05) is 10.6 Å². The van der Waals surface area contributed by atoms with Gasteiger partial charge >= 0.3 is 5.97 Å². The zero-order chi connectivity index (χ0) is 15.5. The third-order valence-corrected chi connectivity index (χ3v) is 5.49. The van der Waals surface area contributed by atoms with Crippen molar-refractivity contribution in [1.82, 2.24) is 5.32 Å². The molecule has 1 fully saturated rings. The van der Waals surface area contributed by atoms with Gasteiger partial charge in [0.15, 0.2) is 0 Å². The lowest BCUT2D eigenvalue weighted by Gasteiger charge is -2.31. The van der Waals surface area contributed by atoms with E-state index in [0.717, 1.165) is 18.6 Å². The highest BCUT2D eigenvalue weighted by Gasteiger charge is 2.51. The van der Waals surface area contributed by atoms with Crippen molar-refractivity contribution in [1.29, 1.82) is 0 Å². The van der Waals surface area contributed by atoms with Crippen molar-refractivity contribution in [3.63, 3.8) is 0 Å². The maximum absolute atomic E-state index is 12.4. The molecule has 4 heteroatoms. The van der Waals surface area contributed by atoms with Crippen LogP contribution in [-0.2, 0) is 9.53 Å². The standard InChI is InChI=1S/C17H25NO2S/c1-5-20-16(19)17(18-4,14-7-8-14)11-21-15-9-6-12(2)13(3)10-15/h6,9-10,14,18H,5,7-8,11H2,1-4H3. The average molecular weight is 307 g/mol. The molecule has 1 N–H and O–H groups in total. The van der Waals surface area contributed by atoms with Crippen LogP contribution in [0.25, 0.3) is 0 Å². The SMILES string of the molecule is CCOC(=O)C(CSc1ccc(C)c(C)c1)(NC)C1CC1. The number of hydrogen-bond donors (Lipinski definition) is 1. The summed E-state index contributed by atoms with van der Waals surface area (Å²) in [6.45, 7) is 6.53. The summed E-state index contributed by atoms with van der Waals surface area (Å²) >= 11 is 1.73. The molecule has 0 aliphatic heterocycles. The molecule has 1 aliphatic carbocycles. The second kappa shape index (κ2) is 6.84. The van der Waals surface area contributed by atoms with Gasteiger partial charge < -0.3 is 10.1 Å². The van der Waals surface area contributed by atoms with Gasteiger partial charge in [-0.25, -0.2) is 0 Å². The lowest BCUT2D eigenvalue weighted by atomic mass is 9.96. The smallest absolute Gasteiger partial charge is 0.327 e. The summed E-state index contributed by atoms with van der Waals surface area (Å²) in [5.41, 5.74) is 2.05. The van der Waals surface area contributed by atoms with Gasteiger partial charge in [-0.2, -0.15) is 0 Å². The van der Waals surface area contributed by atoms with E-state index in [0.29, 0.717) is 12.5 Å². The molecule has 0 aromatic heterocycles. The quantitative estimate of drug-likeness (QED) is 0.619. The predicted molar refractivity (Wildman–Crippen MR) is 87.8 cm³/mol. The molecule has 1 aromatic carbocycles. The summed E-state index contributed by atoms with van der Waals surface area (Å²) in [5, 5.41) is 3.26. The van der Waals surface area contributed by atoms with Crippen molar-refractivity contribution < 1.29 is 9.53 Å². The molecule has 116 valence electrons. The number of thioether (sulfide) groups is 1. The number of aryl methyl sites for hydroxylation is 2. The van der Waals surface area contributed by atoms with E-state index in [4.69, 9.17) is 4.74 Å². The lowest BCUT2D eigenvalue weighted by molar-refractivity contribution is -0.150. The van der Waals surface area contributed by atoms with E-state index >= 15 is 0 Å². The fourth-order valence-electron chi connectivity index (χ4n) is 2.56. The number of ether oxygens (including phenoxy) is 1. The Bertz CT molecular complexity index is 514. The van der Waals surface area contributed by atoms with Crippen molar-refractivity contribution in [3.8, 4) is 0 Å². The second-order valence-corrected chi connectivity index (χ2v) is 6.80. The summed E-state index contributed by atoms with van der Waals surface area (Å²) in [5.74, 6) is 1.02. The molecule has 0 saturated heterocycles. The highest BCUT2D eigenvalue weighted by molar-refractivity contribution is 7.99. The minimum Gasteiger partial charge on any atom is -0.465 e. The third kappa shape index (κ3) is 3.61. The molecule has 0 amide bonds. The van der Waals surface area contributed by atoms with Crippen molar-refractivity contribution in [2.24, 2.45) is 5.92 Å². The average Bonchev–Trinajstić information content (AvgIpc) is 3.29. The van der Waals surface area contributed by atoms with Crippen molar-refractivity contribution in [3.05, 3.63) is 29.3 Å². The van der Waals surface area contributed by atoms with E-state index in [9.17, 15) is 4.79 Å². The van der Waals surface area contributed by atoms with Crippen LogP contribution in [0.1, 0.15) is 30.9 Å². The number of esters is 1. The molecule has 1 saturated carbocycles. The number of carbonyl (C=O) groups excluding carboxylic acids is 1. The first kappa shape index (κ1) is 16.4. The zero-order valence-corrected chi connectivity index (χ0v) is 14.2. The van der Waals surface area contributed by atoms with Gasteiger partial charge in [0.1, 0.15) is 5.54 Å². The molecule has 1 atom stereocenters. The Labute approximate surface area is 131 Å². The first-order valence-corrected chi connectivity index (χ1v) is 8.58. The Kier molecular flexibility index (Phi) is 5.33. The summed E-state index contributed by atoms with van der Waals surface area (Å²) in [4.78, 5) is 13.6. The number of rotatable bonds is 7. The molecule has 2 rings (SSSR count). The molecule has 1 aromatic rings. The molecule has 21 heavy (non-hydrogen) atoms. The number of hydrogen-bond acceptors (Lipinski definition) is 4. The zero-order valence-electron chi connectivity index (χ0n) is 13.4. The number of carbonyl (C=O) groups is 1. The third-order valence-electron chi connectivity index (χ3n) is 4.30. The van der Waals surface area contributed by atoms with E-state index in [-0.39, 0.29) is 5.97 Å². The Hall–Kier alpha value is -1.00. The summed E-state index contributed by atoms with van der Waals surface area (Å²) in [6.07, 6.45) is 2.21. The van der Waals surface area contributed by atoms with Crippen LogP contribution in [0.5, 0.6) is 0 Å². The van der Waals surface area contributed by atoms with Crippen molar-refractivity contribution in [2.45, 2.75) is 44.0 Å². The molecular weight excluding hydrogens is 282 g/mol. The van der Waals surface area contributed by atoms with Gasteiger partial charge in [-0.05, 0) is 69.8 Å². The van der Waals surface area contributed by atoms with E-state index in [1.165, 1.54) is 16.0 Å². The Morgan fingerprint density at radius 1 is 1.38 bits per heavy atom. The Balaban J connectivity index is 2.11. The molecular formula is C17H25NO2S. The summed E-state index contributed by atoms with van der Waals surface area (Å²) in [7, 11) is 1.87. The molecule has 1 unspecified atom stereocenters. The lowest BCUT2D eigenvalue weighted by Crippen LogP contribution is -2.55. The second-order valence-electron chi connectivity index (χ2n) is 5.75. The van der Waals surface area contributed by atoms with E-state index in [2.05, 4.69) is 37.4 Å². The van der Waals surface area contributed by atoms with Gasteiger partial charge in [0.05, 0.1) is 6.61 Å². The van der Waals surface area contributed by atoms with Gasteiger partial charge in [0.2, 0.25) is 0 Å². The molecule has 0 heterocycles. The van der Waals surface area contributed by atoms with Crippen LogP contribution in [-0.4, -0.2) is 30.9 Å². The van der Waals surface area contributed by atoms with Crippen molar-refractivity contribution >= 4 is 17.7 Å². The van der Waals surface area contributed by atoms with Crippen LogP contribution in [0.4, 0.5) is 0 Å². The molecule has 0 bridgehead atoms. The van der Waals surface area contributed by atoms with E-state index in [1.54, 1.807) is 11.8 Å². The highest BCUT2D eigenvalue weighted by atomic mass is 32.2. The number of nitrogens with one attached hydrogen (secondary N) is 1. The maximum Gasteiger partial charge on any atom is 0.327 e. The van der Waals surface area contributed by atoms with Crippen LogP contribution in [0, 0.1) is 19.8 Å². The van der Waals surface area contributed by atoms with Gasteiger partial charge in [-0.3, -0.25) is 4.79 Å². The van der Waals surface area contributed by atoms with E-state index < -0.39 is 5.54 Å². The number of likely N-dealkylation sites (N-methyl/N-ethyl adjacent to an activating group) is 1. The predicted octanol–water partition coefficient (Wildman–Crippen LogP) is 3.33. The fraction of sp³-hybridized carbons (Fsp3) is 0.588. The van der Waals surface area contributed by atoms with Crippen LogP contribution < -0.4 is 5.32 Å². The van der Waals surface area contributed by atoms with Gasteiger partial charge in [0.25, 0.3) is 0 Å². The van der Waals surface area contributed by atoms with Gasteiger partial charge in [-0.15, -0.1) is 11.8 Å². The van der Waals surface area contributed by atoms with Crippen LogP contribution in [0.3, 0.4) is 0 Å². The monoisotopic (exact) mass is 307 g/mol. The molecule has 0 spiro atoms. The Morgan fingerprint density at radius 2 is 2.10 bits per heavy atom. The topological polar surface area (TPSA) is 38.3 Å². The van der Waals surface area contributed by atoms with Gasteiger partial charge in [-0.1, -0.05) is 6.07 Å².